The largest absolute Gasteiger partial charge is 0.347 e. The smallest absolute Gasteiger partial charge is 0.255 e. The highest BCUT2D eigenvalue weighted by atomic mass is 16.2. The van der Waals surface area contributed by atoms with Gasteiger partial charge in [0.25, 0.3) is 5.91 Å². The fourth-order valence-corrected chi connectivity index (χ4v) is 1.73. The van der Waals surface area contributed by atoms with Crippen LogP contribution in [0, 0.1) is 0 Å². The van der Waals surface area contributed by atoms with E-state index in [9.17, 15) is 14.4 Å². The first-order valence-electron chi connectivity index (χ1n) is 7.92. The molecule has 0 aliphatic heterocycles. The van der Waals surface area contributed by atoms with Crippen LogP contribution < -0.4 is 16.8 Å². The van der Waals surface area contributed by atoms with E-state index in [1.165, 1.54) is 9.80 Å². The summed E-state index contributed by atoms with van der Waals surface area (Å²) in [5.41, 5.74) is 11.6. The predicted molar refractivity (Wildman–Crippen MR) is 99.1 cm³/mol. The van der Waals surface area contributed by atoms with Gasteiger partial charge in [0.15, 0.2) is 0 Å². The molecule has 0 bridgehead atoms. The summed E-state index contributed by atoms with van der Waals surface area (Å²) in [7, 11) is 6.73. The lowest BCUT2D eigenvalue weighted by Crippen LogP contribution is -2.39. The Morgan fingerprint density at radius 3 is 2.04 bits per heavy atom. The van der Waals surface area contributed by atoms with E-state index in [1.807, 2.05) is 6.92 Å². The molecule has 0 aliphatic carbocycles. The molecule has 25 heavy (non-hydrogen) atoms. The lowest BCUT2D eigenvalue weighted by atomic mass is 10.1. The summed E-state index contributed by atoms with van der Waals surface area (Å²) >= 11 is 0. The topological polar surface area (TPSA) is 122 Å². The number of nitrogens with two attached hydrogens (primary N) is 2. The number of carbonyl (C=O) groups is 3. The fraction of sp³-hybridized carbons (Fsp3) is 0.471. The van der Waals surface area contributed by atoms with Crippen LogP contribution in [-0.2, 0) is 9.59 Å². The van der Waals surface area contributed by atoms with Crippen LogP contribution in [-0.4, -0.2) is 68.3 Å². The molecular formula is C17H29N5O3. The molecule has 5 N–H and O–H groups in total. The normalized spacial score (nSPS) is 10.8. The summed E-state index contributed by atoms with van der Waals surface area (Å²) in [6.45, 7) is 1.79. The van der Waals surface area contributed by atoms with Crippen molar-refractivity contribution >= 4 is 23.4 Å². The molecule has 1 aromatic carbocycles. The lowest BCUT2D eigenvalue weighted by molar-refractivity contribution is -0.130. The van der Waals surface area contributed by atoms with Crippen molar-refractivity contribution in [3.63, 3.8) is 0 Å². The number of nitrogens with one attached hydrogen (secondary N) is 1. The number of likely N-dealkylation sites (N-methyl/N-ethyl adjacent to an activating group) is 1. The molecule has 8 heteroatoms. The SMILES string of the molecule is CCC(N)C(=O)N(C)C.CN(C)C(=O)c1ccccc1NC(=O)CN. The highest BCUT2D eigenvalue weighted by Gasteiger charge is 2.13. The number of rotatable bonds is 5. The maximum absolute atomic E-state index is 11.8. The van der Waals surface area contributed by atoms with E-state index in [1.54, 1.807) is 52.5 Å². The number of para-hydroxylation sites is 1. The summed E-state index contributed by atoms with van der Waals surface area (Å²) in [5.74, 6) is -0.482. The monoisotopic (exact) mass is 351 g/mol. The van der Waals surface area contributed by atoms with Crippen molar-refractivity contribution in [1.29, 1.82) is 0 Å². The predicted octanol–water partition coefficient (Wildman–Crippen LogP) is 0.0975. The lowest BCUT2D eigenvalue weighted by Gasteiger charge is -2.14. The van der Waals surface area contributed by atoms with Gasteiger partial charge in [0, 0.05) is 28.2 Å². The van der Waals surface area contributed by atoms with Crippen molar-refractivity contribution in [2.75, 3.05) is 40.1 Å². The van der Waals surface area contributed by atoms with Crippen molar-refractivity contribution in [1.82, 2.24) is 9.80 Å². The van der Waals surface area contributed by atoms with Gasteiger partial charge in [0.2, 0.25) is 11.8 Å². The standard InChI is InChI=1S/C11H15N3O2.C6H14N2O/c1-14(2)11(16)8-5-3-4-6-9(8)13-10(15)7-12;1-4-5(7)6(9)8(2)3/h3-6H,7,12H2,1-2H3,(H,13,15);5H,4,7H2,1-3H3. The average molecular weight is 351 g/mol. The van der Waals surface area contributed by atoms with E-state index < -0.39 is 0 Å². The zero-order valence-corrected chi connectivity index (χ0v) is 15.6. The minimum absolute atomic E-state index is 0.00231. The number of hydrogen-bond donors (Lipinski definition) is 3. The van der Waals surface area contributed by atoms with Gasteiger partial charge in [-0.05, 0) is 18.6 Å². The first kappa shape index (κ1) is 22.6. The second-order valence-corrected chi connectivity index (χ2v) is 5.74. The third-order valence-electron chi connectivity index (χ3n) is 3.22. The van der Waals surface area contributed by atoms with Crippen molar-refractivity contribution < 1.29 is 14.4 Å². The summed E-state index contributed by atoms with van der Waals surface area (Å²) in [6.07, 6.45) is 0.705. The maximum atomic E-state index is 11.8. The van der Waals surface area contributed by atoms with Gasteiger partial charge in [0.05, 0.1) is 23.8 Å². The Balaban J connectivity index is 0.000000547. The van der Waals surface area contributed by atoms with E-state index in [4.69, 9.17) is 11.5 Å². The van der Waals surface area contributed by atoms with Crippen LogP contribution in [0.15, 0.2) is 24.3 Å². The second-order valence-electron chi connectivity index (χ2n) is 5.74. The zero-order chi connectivity index (χ0) is 19.6. The van der Waals surface area contributed by atoms with Crippen molar-refractivity contribution in [2.45, 2.75) is 19.4 Å². The van der Waals surface area contributed by atoms with Gasteiger partial charge in [-0.3, -0.25) is 14.4 Å². The highest BCUT2D eigenvalue weighted by Crippen LogP contribution is 2.16. The van der Waals surface area contributed by atoms with Crippen LogP contribution in [0.4, 0.5) is 5.69 Å². The maximum Gasteiger partial charge on any atom is 0.255 e. The molecule has 1 rings (SSSR count). The molecule has 8 nitrogen and oxygen atoms in total. The molecule has 0 saturated carbocycles. The first-order chi connectivity index (χ1) is 11.6. The quantitative estimate of drug-likeness (QED) is 0.694. The van der Waals surface area contributed by atoms with Gasteiger partial charge in [-0.2, -0.15) is 0 Å². The molecule has 0 fully saturated rings. The van der Waals surface area contributed by atoms with Gasteiger partial charge in [-0.25, -0.2) is 0 Å². The Morgan fingerprint density at radius 1 is 1.08 bits per heavy atom. The molecule has 0 aliphatic rings. The third kappa shape index (κ3) is 7.77. The Labute approximate surface area is 149 Å². The molecule has 3 amide bonds. The van der Waals surface area contributed by atoms with Crippen LogP contribution in [0.5, 0.6) is 0 Å². The van der Waals surface area contributed by atoms with Gasteiger partial charge in [-0.15, -0.1) is 0 Å². The summed E-state index contributed by atoms with van der Waals surface area (Å²) in [5, 5.41) is 2.58. The minimum Gasteiger partial charge on any atom is -0.347 e. The molecular weight excluding hydrogens is 322 g/mol. The zero-order valence-electron chi connectivity index (χ0n) is 15.6. The van der Waals surface area contributed by atoms with E-state index >= 15 is 0 Å². The first-order valence-corrected chi connectivity index (χ1v) is 7.92. The van der Waals surface area contributed by atoms with E-state index in [0.717, 1.165) is 0 Å². The van der Waals surface area contributed by atoms with E-state index in [2.05, 4.69) is 5.32 Å². The average Bonchev–Trinajstić information content (AvgIpc) is 2.60. The number of carbonyl (C=O) groups excluding carboxylic acids is 3. The fourth-order valence-electron chi connectivity index (χ4n) is 1.73. The van der Waals surface area contributed by atoms with Crippen LogP contribution in [0.2, 0.25) is 0 Å². The summed E-state index contributed by atoms with van der Waals surface area (Å²) < 4.78 is 0. The summed E-state index contributed by atoms with van der Waals surface area (Å²) in [4.78, 5) is 36.8. The van der Waals surface area contributed by atoms with Crippen LogP contribution in [0.1, 0.15) is 23.7 Å². The molecule has 1 aromatic rings. The van der Waals surface area contributed by atoms with Gasteiger partial charge < -0.3 is 26.6 Å². The Morgan fingerprint density at radius 2 is 1.64 bits per heavy atom. The molecule has 1 unspecified atom stereocenters. The number of amides is 3. The second kappa shape index (κ2) is 11.2. The van der Waals surface area contributed by atoms with Crippen LogP contribution in [0.3, 0.4) is 0 Å². The molecule has 140 valence electrons. The van der Waals surface area contributed by atoms with Crippen LogP contribution >= 0.6 is 0 Å². The third-order valence-corrected chi connectivity index (χ3v) is 3.22. The van der Waals surface area contributed by atoms with Gasteiger partial charge in [0.1, 0.15) is 0 Å². The molecule has 0 spiro atoms. The number of anilines is 1. The summed E-state index contributed by atoms with van der Waals surface area (Å²) in [6, 6.07) is 6.51. The van der Waals surface area contributed by atoms with E-state index in [-0.39, 0.29) is 30.3 Å². The Bertz CT molecular complexity index is 587. The Kier molecular flexibility index (Phi) is 10.1. The number of hydrogen-bond acceptors (Lipinski definition) is 5. The Hall–Kier alpha value is -2.45. The minimum atomic E-state index is -0.320. The van der Waals surface area contributed by atoms with Crippen molar-refractivity contribution in [3.05, 3.63) is 29.8 Å². The van der Waals surface area contributed by atoms with Crippen molar-refractivity contribution in [2.24, 2.45) is 11.5 Å². The molecule has 0 radical (unpaired) electrons. The molecule has 1 atom stereocenters. The number of nitrogens with zero attached hydrogens (tertiary/aromatic N) is 2. The molecule has 0 aromatic heterocycles. The van der Waals surface area contributed by atoms with Crippen LogP contribution in [0.25, 0.3) is 0 Å². The highest BCUT2D eigenvalue weighted by molar-refractivity contribution is 6.03. The molecule has 0 heterocycles. The van der Waals surface area contributed by atoms with E-state index in [0.29, 0.717) is 17.7 Å². The number of benzene rings is 1. The molecule has 0 saturated heterocycles. The van der Waals surface area contributed by atoms with Crippen molar-refractivity contribution in [3.8, 4) is 0 Å². The van der Waals surface area contributed by atoms with Gasteiger partial charge >= 0.3 is 0 Å². The van der Waals surface area contributed by atoms with Gasteiger partial charge in [-0.1, -0.05) is 19.1 Å².